The number of hydrogen-bond donors (Lipinski definition) is 0. The average Bonchev–Trinajstić information content (AvgIpc) is 3.09. The van der Waals surface area contributed by atoms with Crippen LogP contribution >= 0.6 is 0 Å². The summed E-state index contributed by atoms with van der Waals surface area (Å²) < 4.78 is 0. The Hall–Kier alpha value is -1.11. The van der Waals surface area contributed by atoms with Gasteiger partial charge >= 0.3 is 0 Å². The molecule has 17 heavy (non-hydrogen) atoms. The van der Waals surface area contributed by atoms with E-state index in [0.29, 0.717) is 0 Å². The summed E-state index contributed by atoms with van der Waals surface area (Å²) >= 11 is 0. The molecule has 92 valence electrons. The van der Waals surface area contributed by atoms with E-state index in [9.17, 15) is 4.79 Å². The lowest BCUT2D eigenvalue weighted by molar-refractivity contribution is 0.101. The monoisotopic (exact) mass is 230 g/mol. The van der Waals surface area contributed by atoms with Crippen LogP contribution in [0.5, 0.6) is 0 Å². The third kappa shape index (κ3) is 3.18. The molecule has 0 aromatic heterocycles. The van der Waals surface area contributed by atoms with E-state index in [2.05, 4.69) is 19.1 Å². The molecule has 0 unspecified atom stereocenters. The molecule has 1 fully saturated rings. The van der Waals surface area contributed by atoms with E-state index < -0.39 is 0 Å². The first-order chi connectivity index (χ1) is 8.22. The van der Waals surface area contributed by atoms with Crippen molar-refractivity contribution in [3.05, 3.63) is 35.4 Å². The molecular formula is C16H22O. The molecule has 1 aliphatic carbocycles. The third-order valence-electron chi connectivity index (χ3n) is 3.85. The average molecular weight is 230 g/mol. The second kappa shape index (κ2) is 5.48. The largest absolute Gasteiger partial charge is 0.295 e. The highest BCUT2D eigenvalue weighted by molar-refractivity contribution is 5.94. The third-order valence-corrected chi connectivity index (χ3v) is 3.85. The summed E-state index contributed by atoms with van der Waals surface area (Å²) in [5.74, 6) is 1.84. The molecule has 0 aliphatic heterocycles. The van der Waals surface area contributed by atoms with Crippen LogP contribution in [0.3, 0.4) is 0 Å². The maximum absolute atomic E-state index is 11.2. The molecule has 1 nitrogen and oxygen atoms in total. The number of unbranched alkanes of at least 4 members (excludes halogenated alkanes) is 2. The van der Waals surface area contributed by atoms with E-state index in [0.717, 1.165) is 17.4 Å². The molecule has 1 aromatic carbocycles. The van der Waals surface area contributed by atoms with E-state index >= 15 is 0 Å². The number of Topliss-reactive ketones (excluding diaryl/α,β-unsaturated/α-hetero) is 1. The lowest BCUT2D eigenvalue weighted by Crippen LogP contribution is -1.92. The van der Waals surface area contributed by atoms with Crippen molar-refractivity contribution in [1.82, 2.24) is 0 Å². The minimum atomic E-state index is 0.159. The first kappa shape index (κ1) is 12.3. The fraction of sp³-hybridized carbons (Fsp3) is 0.562. The lowest BCUT2D eigenvalue weighted by atomic mass is 10.0. The van der Waals surface area contributed by atoms with Crippen LogP contribution in [-0.2, 0) is 0 Å². The van der Waals surface area contributed by atoms with Crippen molar-refractivity contribution < 1.29 is 4.79 Å². The lowest BCUT2D eigenvalue weighted by Gasteiger charge is -2.02. The van der Waals surface area contributed by atoms with Crippen LogP contribution in [0.4, 0.5) is 0 Å². The summed E-state index contributed by atoms with van der Waals surface area (Å²) in [5.41, 5.74) is 2.26. The number of ketones is 1. The number of carbonyl (C=O) groups excluding carboxylic acids is 1. The molecular weight excluding hydrogens is 208 g/mol. The van der Waals surface area contributed by atoms with Gasteiger partial charge in [-0.3, -0.25) is 4.79 Å². The SMILES string of the molecule is CCCCC[C@@H]1C[C@H]1c1ccc(C(C)=O)cc1. The van der Waals surface area contributed by atoms with E-state index in [1.807, 2.05) is 12.1 Å². The smallest absolute Gasteiger partial charge is 0.159 e. The Bertz CT molecular complexity index is 377. The first-order valence-corrected chi connectivity index (χ1v) is 6.83. The van der Waals surface area contributed by atoms with E-state index in [-0.39, 0.29) is 5.78 Å². The predicted octanol–water partition coefficient (Wildman–Crippen LogP) is 4.57. The maximum atomic E-state index is 11.2. The summed E-state index contributed by atoms with van der Waals surface area (Å²) in [7, 11) is 0. The second-order valence-electron chi connectivity index (χ2n) is 5.28. The molecule has 1 heteroatoms. The predicted molar refractivity (Wildman–Crippen MR) is 71.4 cm³/mol. The maximum Gasteiger partial charge on any atom is 0.159 e. The molecule has 0 radical (unpaired) electrons. The normalized spacial score (nSPS) is 22.5. The molecule has 1 saturated carbocycles. The Kier molecular flexibility index (Phi) is 3.98. The van der Waals surface area contributed by atoms with Gasteiger partial charge in [0.05, 0.1) is 0 Å². The van der Waals surface area contributed by atoms with Crippen molar-refractivity contribution in [3.63, 3.8) is 0 Å². The minimum Gasteiger partial charge on any atom is -0.295 e. The Morgan fingerprint density at radius 2 is 1.94 bits per heavy atom. The number of benzene rings is 1. The topological polar surface area (TPSA) is 17.1 Å². The highest BCUT2D eigenvalue weighted by atomic mass is 16.1. The van der Waals surface area contributed by atoms with Crippen LogP contribution < -0.4 is 0 Å². The number of carbonyl (C=O) groups is 1. The first-order valence-electron chi connectivity index (χ1n) is 6.83. The minimum absolute atomic E-state index is 0.159. The highest BCUT2D eigenvalue weighted by Crippen LogP contribution is 2.50. The Morgan fingerprint density at radius 1 is 1.24 bits per heavy atom. The summed E-state index contributed by atoms with van der Waals surface area (Å²) in [4.78, 5) is 11.2. The van der Waals surface area contributed by atoms with E-state index in [1.54, 1.807) is 6.92 Å². The summed E-state index contributed by atoms with van der Waals surface area (Å²) in [5, 5.41) is 0. The van der Waals surface area contributed by atoms with E-state index in [4.69, 9.17) is 0 Å². The van der Waals surface area contributed by atoms with Gasteiger partial charge in [0.15, 0.2) is 5.78 Å². The fourth-order valence-electron chi connectivity index (χ4n) is 2.60. The summed E-state index contributed by atoms with van der Waals surface area (Å²) in [6, 6.07) is 8.22. The van der Waals surface area contributed by atoms with Crippen LogP contribution in [-0.4, -0.2) is 5.78 Å². The van der Waals surface area contributed by atoms with Crippen LogP contribution in [0.15, 0.2) is 24.3 Å². The van der Waals surface area contributed by atoms with Crippen molar-refractivity contribution in [3.8, 4) is 0 Å². The Labute approximate surface area is 104 Å². The second-order valence-corrected chi connectivity index (χ2v) is 5.28. The Balaban J connectivity index is 1.86. The van der Waals surface area contributed by atoms with Gasteiger partial charge in [-0.15, -0.1) is 0 Å². The van der Waals surface area contributed by atoms with Gasteiger partial charge in [-0.1, -0.05) is 50.5 Å². The van der Waals surface area contributed by atoms with Gasteiger partial charge in [0.1, 0.15) is 0 Å². The quantitative estimate of drug-likeness (QED) is 0.516. The summed E-state index contributed by atoms with van der Waals surface area (Å²) in [6.07, 6.45) is 6.79. The molecule has 0 spiro atoms. The fourth-order valence-corrected chi connectivity index (χ4v) is 2.60. The van der Waals surface area contributed by atoms with E-state index in [1.165, 1.54) is 37.7 Å². The van der Waals surface area contributed by atoms with Gasteiger partial charge in [0.25, 0.3) is 0 Å². The van der Waals surface area contributed by atoms with Crippen molar-refractivity contribution in [2.75, 3.05) is 0 Å². The van der Waals surface area contributed by atoms with Crippen molar-refractivity contribution >= 4 is 5.78 Å². The molecule has 0 amide bonds. The molecule has 2 rings (SSSR count). The molecule has 2 atom stereocenters. The van der Waals surface area contributed by atoms with Gasteiger partial charge in [0.2, 0.25) is 0 Å². The van der Waals surface area contributed by atoms with Crippen LogP contribution in [0.1, 0.15) is 67.8 Å². The van der Waals surface area contributed by atoms with Gasteiger partial charge < -0.3 is 0 Å². The molecule has 0 heterocycles. The van der Waals surface area contributed by atoms with Gasteiger partial charge in [0, 0.05) is 5.56 Å². The van der Waals surface area contributed by atoms with Crippen molar-refractivity contribution in [1.29, 1.82) is 0 Å². The number of hydrogen-bond acceptors (Lipinski definition) is 1. The molecule has 0 bridgehead atoms. The van der Waals surface area contributed by atoms with Gasteiger partial charge in [-0.05, 0) is 37.2 Å². The molecule has 1 aliphatic rings. The standard InChI is InChI=1S/C16H22O/c1-3-4-5-6-15-11-16(15)14-9-7-13(8-10-14)12(2)17/h7-10,15-16H,3-6,11H2,1-2H3/t15-,16+/m1/s1. The van der Waals surface area contributed by atoms with Gasteiger partial charge in [-0.25, -0.2) is 0 Å². The Morgan fingerprint density at radius 3 is 2.53 bits per heavy atom. The molecule has 0 saturated heterocycles. The zero-order chi connectivity index (χ0) is 12.3. The summed E-state index contributed by atoms with van der Waals surface area (Å²) in [6.45, 7) is 3.88. The molecule has 1 aromatic rings. The van der Waals surface area contributed by atoms with Crippen molar-refractivity contribution in [2.24, 2.45) is 5.92 Å². The van der Waals surface area contributed by atoms with Crippen LogP contribution in [0, 0.1) is 5.92 Å². The van der Waals surface area contributed by atoms with Crippen LogP contribution in [0.25, 0.3) is 0 Å². The van der Waals surface area contributed by atoms with Crippen molar-refractivity contribution in [2.45, 2.75) is 51.9 Å². The zero-order valence-electron chi connectivity index (χ0n) is 10.9. The number of rotatable bonds is 6. The van der Waals surface area contributed by atoms with Crippen LogP contribution in [0.2, 0.25) is 0 Å². The van der Waals surface area contributed by atoms with Gasteiger partial charge in [-0.2, -0.15) is 0 Å². The molecule has 0 N–H and O–H groups in total. The highest BCUT2D eigenvalue weighted by Gasteiger charge is 2.37. The zero-order valence-corrected chi connectivity index (χ0v) is 10.9.